The number of esters is 1. The number of hydrogen-bond donors (Lipinski definition) is 0. The number of benzene rings is 2. The van der Waals surface area contributed by atoms with Crippen LogP contribution in [0.15, 0.2) is 42.5 Å². The average Bonchev–Trinajstić information content (AvgIpc) is 2.86. The SMILES string of the molecule is Cc1ccc(C(=O)OCCCCN2C(=O)c3ccccc3C2=O)c(C)c1. The highest BCUT2D eigenvalue weighted by atomic mass is 16.5. The number of rotatable bonds is 6. The number of hydrogen-bond acceptors (Lipinski definition) is 4. The van der Waals surface area contributed by atoms with Gasteiger partial charge in [-0.2, -0.15) is 0 Å². The molecule has 0 N–H and O–H groups in total. The summed E-state index contributed by atoms with van der Waals surface area (Å²) in [6.45, 7) is 4.44. The van der Waals surface area contributed by atoms with Crippen LogP contribution in [0.25, 0.3) is 0 Å². The quantitative estimate of drug-likeness (QED) is 0.454. The van der Waals surface area contributed by atoms with Gasteiger partial charge in [0.2, 0.25) is 0 Å². The van der Waals surface area contributed by atoms with Crippen LogP contribution in [-0.2, 0) is 4.74 Å². The summed E-state index contributed by atoms with van der Waals surface area (Å²) in [6.07, 6.45) is 1.18. The molecule has 0 saturated heterocycles. The zero-order chi connectivity index (χ0) is 18.7. The van der Waals surface area contributed by atoms with Gasteiger partial charge in [0.15, 0.2) is 0 Å². The van der Waals surface area contributed by atoms with Gasteiger partial charge in [0.1, 0.15) is 0 Å². The van der Waals surface area contributed by atoms with Gasteiger partial charge in [-0.05, 0) is 50.5 Å². The first kappa shape index (κ1) is 17.9. The van der Waals surface area contributed by atoms with E-state index in [4.69, 9.17) is 4.74 Å². The number of unbranched alkanes of at least 4 members (excludes halogenated alkanes) is 1. The molecule has 1 aliphatic rings. The summed E-state index contributed by atoms with van der Waals surface area (Å²) in [5, 5.41) is 0. The van der Waals surface area contributed by atoms with Crippen LogP contribution in [0.4, 0.5) is 0 Å². The van der Waals surface area contributed by atoms with Gasteiger partial charge in [-0.3, -0.25) is 14.5 Å². The van der Waals surface area contributed by atoms with Crippen LogP contribution in [0.5, 0.6) is 0 Å². The largest absolute Gasteiger partial charge is 0.462 e. The van der Waals surface area contributed by atoms with Gasteiger partial charge in [0.25, 0.3) is 11.8 Å². The van der Waals surface area contributed by atoms with Gasteiger partial charge in [-0.15, -0.1) is 0 Å². The Morgan fingerprint density at radius 3 is 2.23 bits per heavy atom. The van der Waals surface area contributed by atoms with E-state index in [-0.39, 0.29) is 24.4 Å². The molecule has 2 aromatic carbocycles. The van der Waals surface area contributed by atoms with Gasteiger partial charge >= 0.3 is 5.97 Å². The van der Waals surface area contributed by atoms with Crippen LogP contribution < -0.4 is 0 Å². The molecule has 2 aromatic rings. The maximum atomic E-state index is 12.2. The summed E-state index contributed by atoms with van der Waals surface area (Å²) < 4.78 is 5.30. The van der Waals surface area contributed by atoms with Crippen molar-refractivity contribution in [3.05, 3.63) is 70.3 Å². The molecule has 0 atom stereocenters. The van der Waals surface area contributed by atoms with Crippen molar-refractivity contribution in [2.75, 3.05) is 13.2 Å². The first-order valence-corrected chi connectivity index (χ1v) is 8.68. The van der Waals surface area contributed by atoms with Crippen molar-refractivity contribution in [3.63, 3.8) is 0 Å². The van der Waals surface area contributed by atoms with E-state index in [0.29, 0.717) is 36.1 Å². The number of fused-ring (bicyclic) bond motifs is 1. The van der Waals surface area contributed by atoms with Gasteiger partial charge in [-0.25, -0.2) is 4.79 Å². The fraction of sp³-hybridized carbons (Fsp3) is 0.286. The maximum absolute atomic E-state index is 12.2. The smallest absolute Gasteiger partial charge is 0.338 e. The molecule has 5 nitrogen and oxygen atoms in total. The second-order valence-corrected chi connectivity index (χ2v) is 6.47. The monoisotopic (exact) mass is 351 g/mol. The van der Waals surface area contributed by atoms with Crippen molar-refractivity contribution in [1.29, 1.82) is 0 Å². The maximum Gasteiger partial charge on any atom is 0.338 e. The number of ether oxygens (including phenoxy) is 1. The third-order valence-corrected chi connectivity index (χ3v) is 4.49. The minimum absolute atomic E-state index is 0.252. The lowest BCUT2D eigenvalue weighted by Gasteiger charge is -2.13. The summed E-state index contributed by atoms with van der Waals surface area (Å²) in [6, 6.07) is 12.4. The molecule has 0 fully saturated rings. The third-order valence-electron chi connectivity index (χ3n) is 4.49. The molecule has 5 heteroatoms. The predicted molar refractivity (Wildman–Crippen MR) is 97.2 cm³/mol. The van der Waals surface area contributed by atoms with Crippen molar-refractivity contribution in [3.8, 4) is 0 Å². The van der Waals surface area contributed by atoms with Gasteiger partial charge < -0.3 is 4.74 Å². The van der Waals surface area contributed by atoms with E-state index >= 15 is 0 Å². The molecule has 2 amide bonds. The van der Waals surface area contributed by atoms with Gasteiger partial charge in [0.05, 0.1) is 23.3 Å². The number of imide groups is 1. The molecule has 0 aromatic heterocycles. The second kappa shape index (κ2) is 7.52. The molecule has 0 aliphatic carbocycles. The Kier molecular flexibility index (Phi) is 5.16. The van der Waals surface area contributed by atoms with Crippen molar-refractivity contribution in [2.45, 2.75) is 26.7 Å². The summed E-state index contributed by atoms with van der Waals surface area (Å²) in [5.41, 5.74) is 3.47. The van der Waals surface area contributed by atoms with E-state index < -0.39 is 0 Å². The van der Waals surface area contributed by atoms with E-state index in [1.54, 1.807) is 30.3 Å². The Labute approximate surface area is 152 Å². The van der Waals surface area contributed by atoms with Gasteiger partial charge in [0, 0.05) is 6.54 Å². The van der Waals surface area contributed by atoms with Crippen LogP contribution >= 0.6 is 0 Å². The highest BCUT2D eigenvalue weighted by molar-refractivity contribution is 6.21. The molecule has 26 heavy (non-hydrogen) atoms. The molecule has 3 rings (SSSR count). The molecule has 1 aliphatic heterocycles. The minimum atomic E-state index is -0.344. The Morgan fingerprint density at radius 2 is 1.62 bits per heavy atom. The van der Waals surface area contributed by atoms with Crippen molar-refractivity contribution < 1.29 is 19.1 Å². The lowest BCUT2D eigenvalue weighted by Crippen LogP contribution is -2.30. The number of carbonyl (C=O) groups excluding carboxylic acids is 3. The molecule has 0 spiro atoms. The van der Waals surface area contributed by atoms with Crippen LogP contribution in [0, 0.1) is 13.8 Å². The lowest BCUT2D eigenvalue weighted by atomic mass is 10.1. The molecular formula is C21H21NO4. The van der Waals surface area contributed by atoms with Crippen LogP contribution in [-0.4, -0.2) is 35.8 Å². The van der Waals surface area contributed by atoms with Crippen molar-refractivity contribution in [1.82, 2.24) is 4.90 Å². The third kappa shape index (κ3) is 3.52. The fourth-order valence-corrected chi connectivity index (χ4v) is 3.10. The number of carbonyl (C=O) groups is 3. The molecule has 134 valence electrons. The zero-order valence-electron chi connectivity index (χ0n) is 15.0. The van der Waals surface area contributed by atoms with E-state index in [2.05, 4.69) is 0 Å². The number of amides is 2. The molecule has 0 unspecified atom stereocenters. The first-order chi connectivity index (χ1) is 12.5. The second-order valence-electron chi connectivity index (χ2n) is 6.47. The molecule has 1 heterocycles. The molecule has 0 saturated carbocycles. The average molecular weight is 351 g/mol. The fourth-order valence-electron chi connectivity index (χ4n) is 3.10. The standard InChI is InChI=1S/C21H21NO4/c1-14-9-10-16(15(2)13-14)21(25)26-12-6-5-11-22-19(23)17-7-3-4-8-18(17)20(22)24/h3-4,7-10,13H,5-6,11-12H2,1-2H3. The topological polar surface area (TPSA) is 63.7 Å². The zero-order valence-corrected chi connectivity index (χ0v) is 15.0. The summed E-state index contributed by atoms with van der Waals surface area (Å²) in [7, 11) is 0. The number of aryl methyl sites for hydroxylation is 2. The van der Waals surface area contributed by atoms with E-state index in [0.717, 1.165) is 11.1 Å². The highest BCUT2D eigenvalue weighted by Crippen LogP contribution is 2.22. The highest BCUT2D eigenvalue weighted by Gasteiger charge is 2.34. The first-order valence-electron chi connectivity index (χ1n) is 8.68. The normalized spacial score (nSPS) is 13.1. The van der Waals surface area contributed by atoms with Crippen molar-refractivity contribution in [2.24, 2.45) is 0 Å². The Balaban J connectivity index is 1.46. The summed E-state index contributed by atoms with van der Waals surface area (Å²) >= 11 is 0. The van der Waals surface area contributed by atoms with Crippen molar-refractivity contribution >= 4 is 17.8 Å². The lowest BCUT2D eigenvalue weighted by molar-refractivity contribution is 0.0485. The van der Waals surface area contributed by atoms with Crippen LogP contribution in [0.2, 0.25) is 0 Å². The van der Waals surface area contributed by atoms with E-state index in [9.17, 15) is 14.4 Å². The van der Waals surface area contributed by atoms with Crippen LogP contribution in [0.1, 0.15) is 55.0 Å². The number of nitrogens with zero attached hydrogens (tertiary/aromatic N) is 1. The Bertz CT molecular complexity index is 837. The van der Waals surface area contributed by atoms with E-state index in [1.165, 1.54) is 4.90 Å². The van der Waals surface area contributed by atoms with Gasteiger partial charge in [-0.1, -0.05) is 29.8 Å². The molecule has 0 bridgehead atoms. The summed E-state index contributed by atoms with van der Waals surface area (Å²) in [4.78, 5) is 37.9. The van der Waals surface area contributed by atoms with Crippen LogP contribution in [0.3, 0.4) is 0 Å². The minimum Gasteiger partial charge on any atom is -0.462 e. The summed E-state index contributed by atoms with van der Waals surface area (Å²) in [5.74, 6) is -0.848. The van der Waals surface area contributed by atoms with E-state index in [1.807, 2.05) is 26.0 Å². The molecule has 0 radical (unpaired) electrons. The predicted octanol–water partition coefficient (Wildman–Crippen LogP) is 3.54. The Morgan fingerprint density at radius 1 is 0.962 bits per heavy atom. The molecular weight excluding hydrogens is 330 g/mol. The Hall–Kier alpha value is -2.95.